The van der Waals surface area contributed by atoms with Crippen LogP contribution in [0.4, 0.5) is 10.1 Å². The summed E-state index contributed by atoms with van der Waals surface area (Å²) in [5, 5.41) is 2.68. The van der Waals surface area contributed by atoms with Gasteiger partial charge >= 0.3 is 0 Å². The molecule has 0 unspecified atom stereocenters. The van der Waals surface area contributed by atoms with Crippen molar-refractivity contribution in [3.05, 3.63) is 59.4 Å². The van der Waals surface area contributed by atoms with Crippen molar-refractivity contribution in [2.75, 3.05) is 11.9 Å². The molecule has 0 aliphatic carbocycles. The number of ether oxygens (including phenoxy) is 1. The maximum Gasteiger partial charge on any atom is 0.258 e. The third kappa shape index (κ3) is 3.81. The van der Waals surface area contributed by atoms with Crippen molar-refractivity contribution in [2.24, 2.45) is 0 Å². The van der Waals surface area contributed by atoms with Crippen molar-refractivity contribution < 1.29 is 13.9 Å². The zero-order chi connectivity index (χ0) is 15.2. The molecule has 2 aromatic carbocycles. The molecule has 2 rings (SSSR count). The lowest BCUT2D eigenvalue weighted by molar-refractivity contribution is 0.102. The molecule has 110 valence electrons. The number of amides is 1. The van der Waals surface area contributed by atoms with Crippen molar-refractivity contribution in [3.63, 3.8) is 0 Å². The van der Waals surface area contributed by atoms with Gasteiger partial charge in [-0.3, -0.25) is 4.79 Å². The Hall–Kier alpha value is -2.36. The van der Waals surface area contributed by atoms with Crippen LogP contribution in [0.5, 0.6) is 5.75 Å². The van der Waals surface area contributed by atoms with Gasteiger partial charge < -0.3 is 10.1 Å². The van der Waals surface area contributed by atoms with E-state index in [1.807, 2.05) is 13.0 Å². The Morgan fingerprint density at radius 3 is 2.76 bits per heavy atom. The van der Waals surface area contributed by atoms with Crippen LogP contribution in [0.1, 0.15) is 29.3 Å². The van der Waals surface area contributed by atoms with Crippen LogP contribution in [0, 0.1) is 12.7 Å². The summed E-state index contributed by atoms with van der Waals surface area (Å²) >= 11 is 0. The molecule has 0 spiro atoms. The molecule has 0 heterocycles. The van der Waals surface area contributed by atoms with Crippen LogP contribution in [0.2, 0.25) is 0 Å². The fraction of sp³-hybridized carbons (Fsp3) is 0.235. The van der Waals surface area contributed by atoms with E-state index in [0.29, 0.717) is 23.6 Å². The second-order valence-corrected chi connectivity index (χ2v) is 4.77. The van der Waals surface area contributed by atoms with Gasteiger partial charge in [-0.2, -0.15) is 0 Å². The molecule has 4 heteroatoms. The van der Waals surface area contributed by atoms with E-state index in [0.717, 1.165) is 6.42 Å². The molecule has 2 aromatic rings. The third-order valence-corrected chi connectivity index (χ3v) is 3.00. The average Bonchev–Trinajstić information content (AvgIpc) is 2.48. The monoisotopic (exact) mass is 287 g/mol. The number of aryl methyl sites for hydroxylation is 1. The Labute approximate surface area is 123 Å². The molecule has 21 heavy (non-hydrogen) atoms. The number of anilines is 1. The molecular formula is C17H18FNO2. The van der Waals surface area contributed by atoms with Gasteiger partial charge in [-0.15, -0.1) is 0 Å². The number of carbonyl (C=O) groups is 1. The van der Waals surface area contributed by atoms with Gasteiger partial charge in [-0.05, 0) is 37.1 Å². The average molecular weight is 287 g/mol. The summed E-state index contributed by atoms with van der Waals surface area (Å²) in [5.41, 5.74) is 1.06. The van der Waals surface area contributed by atoms with Gasteiger partial charge in [0.1, 0.15) is 11.6 Å². The summed E-state index contributed by atoms with van der Waals surface area (Å²) < 4.78 is 19.4. The largest absolute Gasteiger partial charge is 0.494 e. The van der Waals surface area contributed by atoms with Gasteiger partial charge in [0, 0.05) is 11.8 Å². The normalized spacial score (nSPS) is 10.2. The van der Waals surface area contributed by atoms with Crippen LogP contribution < -0.4 is 10.1 Å². The Morgan fingerprint density at radius 1 is 1.24 bits per heavy atom. The number of nitrogens with one attached hydrogen (secondary N) is 1. The topological polar surface area (TPSA) is 38.3 Å². The molecule has 0 fully saturated rings. The highest BCUT2D eigenvalue weighted by molar-refractivity contribution is 6.04. The smallest absolute Gasteiger partial charge is 0.258 e. The van der Waals surface area contributed by atoms with E-state index in [1.165, 1.54) is 6.07 Å². The van der Waals surface area contributed by atoms with Crippen molar-refractivity contribution in [3.8, 4) is 5.75 Å². The molecule has 0 saturated heterocycles. The molecule has 0 aliphatic rings. The molecule has 1 amide bonds. The summed E-state index contributed by atoms with van der Waals surface area (Å²) in [7, 11) is 0. The first-order valence-electron chi connectivity index (χ1n) is 6.91. The maximum absolute atomic E-state index is 13.9. The highest BCUT2D eigenvalue weighted by Gasteiger charge is 2.13. The lowest BCUT2D eigenvalue weighted by Crippen LogP contribution is -2.14. The summed E-state index contributed by atoms with van der Waals surface area (Å²) in [4.78, 5) is 12.1. The minimum Gasteiger partial charge on any atom is -0.494 e. The van der Waals surface area contributed by atoms with Crippen LogP contribution in [-0.4, -0.2) is 12.5 Å². The lowest BCUT2D eigenvalue weighted by Gasteiger charge is -2.09. The molecule has 0 aromatic heterocycles. The minimum atomic E-state index is -0.492. The number of carbonyl (C=O) groups excluding carboxylic acids is 1. The zero-order valence-electron chi connectivity index (χ0n) is 12.2. The van der Waals surface area contributed by atoms with Crippen LogP contribution in [0.15, 0.2) is 42.5 Å². The van der Waals surface area contributed by atoms with E-state index in [1.54, 1.807) is 37.3 Å². The van der Waals surface area contributed by atoms with E-state index in [2.05, 4.69) is 5.32 Å². The number of hydrogen-bond donors (Lipinski definition) is 1. The SMILES string of the molecule is CCCOc1cccc(NC(=O)c2cccc(C)c2F)c1. The van der Waals surface area contributed by atoms with Crippen molar-refractivity contribution in [2.45, 2.75) is 20.3 Å². The molecule has 1 N–H and O–H groups in total. The Kier molecular flexibility index (Phi) is 4.93. The summed E-state index contributed by atoms with van der Waals surface area (Å²) in [6.45, 7) is 4.27. The summed E-state index contributed by atoms with van der Waals surface area (Å²) in [6.07, 6.45) is 0.908. The molecule has 3 nitrogen and oxygen atoms in total. The van der Waals surface area contributed by atoms with Crippen LogP contribution >= 0.6 is 0 Å². The van der Waals surface area contributed by atoms with E-state index in [-0.39, 0.29) is 5.56 Å². The maximum atomic E-state index is 13.9. The molecule has 0 saturated carbocycles. The van der Waals surface area contributed by atoms with E-state index < -0.39 is 11.7 Å². The van der Waals surface area contributed by atoms with Gasteiger partial charge in [-0.25, -0.2) is 4.39 Å². The lowest BCUT2D eigenvalue weighted by atomic mass is 10.1. The predicted octanol–water partition coefficient (Wildman–Crippen LogP) is 4.18. The second kappa shape index (κ2) is 6.88. The minimum absolute atomic E-state index is 0.0369. The fourth-order valence-corrected chi connectivity index (χ4v) is 1.90. The van der Waals surface area contributed by atoms with Crippen molar-refractivity contribution >= 4 is 11.6 Å². The first kappa shape index (κ1) is 15.0. The Morgan fingerprint density at radius 2 is 2.00 bits per heavy atom. The molecule has 0 atom stereocenters. The van der Waals surface area contributed by atoms with Crippen LogP contribution in [-0.2, 0) is 0 Å². The quantitative estimate of drug-likeness (QED) is 0.896. The molecular weight excluding hydrogens is 269 g/mol. The van der Waals surface area contributed by atoms with Crippen LogP contribution in [0.3, 0.4) is 0 Å². The first-order valence-corrected chi connectivity index (χ1v) is 6.91. The van der Waals surface area contributed by atoms with Gasteiger partial charge in [0.05, 0.1) is 12.2 Å². The Bertz CT molecular complexity index is 640. The number of hydrogen-bond acceptors (Lipinski definition) is 2. The summed E-state index contributed by atoms with van der Waals surface area (Å²) in [5.74, 6) is -0.281. The molecule has 0 radical (unpaired) electrons. The van der Waals surface area contributed by atoms with E-state index in [9.17, 15) is 9.18 Å². The third-order valence-electron chi connectivity index (χ3n) is 3.00. The standard InChI is InChI=1S/C17H18FNO2/c1-3-10-21-14-8-5-7-13(11-14)19-17(20)15-9-4-6-12(2)16(15)18/h4-9,11H,3,10H2,1-2H3,(H,19,20). The fourth-order valence-electron chi connectivity index (χ4n) is 1.90. The highest BCUT2D eigenvalue weighted by Crippen LogP contribution is 2.19. The van der Waals surface area contributed by atoms with E-state index >= 15 is 0 Å². The predicted molar refractivity (Wildman–Crippen MR) is 81.3 cm³/mol. The van der Waals surface area contributed by atoms with Gasteiger partial charge in [0.2, 0.25) is 0 Å². The van der Waals surface area contributed by atoms with Crippen molar-refractivity contribution in [1.82, 2.24) is 0 Å². The Balaban J connectivity index is 2.14. The van der Waals surface area contributed by atoms with E-state index in [4.69, 9.17) is 4.74 Å². The number of benzene rings is 2. The van der Waals surface area contributed by atoms with Crippen molar-refractivity contribution in [1.29, 1.82) is 0 Å². The first-order chi connectivity index (χ1) is 10.1. The number of rotatable bonds is 5. The van der Waals surface area contributed by atoms with Gasteiger partial charge in [0.25, 0.3) is 5.91 Å². The van der Waals surface area contributed by atoms with Gasteiger partial charge in [0.15, 0.2) is 0 Å². The summed E-state index contributed by atoms with van der Waals surface area (Å²) in [6, 6.07) is 11.8. The highest BCUT2D eigenvalue weighted by atomic mass is 19.1. The van der Waals surface area contributed by atoms with Gasteiger partial charge in [-0.1, -0.05) is 25.1 Å². The van der Waals surface area contributed by atoms with Crippen LogP contribution in [0.25, 0.3) is 0 Å². The molecule has 0 aliphatic heterocycles. The number of halogens is 1. The second-order valence-electron chi connectivity index (χ2n) is 4.77. The zero-order valence-corrected chi connectivity index (χ0v) is 12.2. The molecule has 0 bridgehead atoms.